The van der Waals surface area contributed by atoms with Crippen molar-refractivity contribution < 1.29 is 4.79 Å². The third-order valence-electron chi connectivity index (χ3n) is 3.88. The minimum Gasteiger partial charge on any atom is -0.337 e. The number of amides is 1. The number of hydrogen-bond acceptors (Lipinski definition) is 3. The number of carbonyl (C=O) groups is 1. The van der Waals surface area contributed by atoms with Crippen LogP contribution in [0, 0.1) is 0 Å². The van der Waals surface area contributed by atoms with Gasteiger partial charge in [-0.15, -0.1) is 0 Å². The average Bonchev–Trinajstić information content (AvgIpc) is 2.81. The summed E-state index contributed by atoms with van der Waals surface area (Å²) in [6.45, 7) is 2.62. The predicted molar refractivity (Wildman–Crippen MR) is 68.9 cm³/mol. The highest BCUT2D eigenvalue weighted by Gasteiger charge is 2.33. The first kappa shape index (κ1) is 12.8. The summed E-state index contributed by atoms with van der Waals surface area (Å²) in [4.78, 5) is 16.3. The number of likely N-dealkylation sites (tertiary alicyclic amines) is 1. The third-order valence-corrected chi connectivity index (χ3v) is 3.88. The molecule has 1 amide bonds. The maximum Gasteiger partial charge on any atom is 0.237 e. The minimum absolute atomic E-state index is 0.299. The number of carbonyl (C=O) groups excluding carboxylic acids is 1. The molecule has 0 radical (unpaired) electrons. The SMILES string of the molecule is CN(C)CC(=O)N1CCCCC1C1CCCN1. The van der Waals surface area contributed by atoms with Crippen molar-refractivity contribution >= 4 is 5.91 Å². The molecule has 0 bridgehead atoms. The minimum atomic E-state index is 0.299. The average molecular weight is 239 g/mol. The lowest BCUT2D eigenvalue weighted by Crippen LogP contribution is -2.54. The molecule has 2 heterocycles. The molecular formula is C13H25N3O. The summed E-state index contributed by atoms with van der Waals surface area (Å²) < 4.78 is 0. The Morgan fingerprint density at radius 2 is 2.12 bits per heavy atom. The molecule has 2 aliphatic rings. The van der Waals surface area contributed by atoms with E-state index in [0.717, 1.165) is 13.1 Å². The molecule has 2 fully saturated rings. The Morgan fingerprint density at radius 1 is 1.29 bits per heavy atom. The van der Waals surface area contributed by atoms with E-state index in [-0.39, 0.29) is 0 Å². The van der Waals surface area contributed by atoms with Crippen LogP contribution in [0.2, 0.25) is 0 Å². The molecule has 0 aromatic carbocycles. The maximum absolute atomic E-state index is 12.2. The van der Waals surface area contributed by atoms with Gasteiger partial charge in [0.1, 0.15) is 0 Å². The van der Waals surface area contributed by atoms with Gasteiger partial charge in [-0.25, -0.2) is 0 Å². The van der Waals surface area contributed by atoms with Gasteiger partial charge >= 0.3 is 0 Å². The van der Waals surface area contributed by atoms with Gasteiger partial charge in [0.15, 0.2) is 0 Å². The van der Waals surface area contributed by atoms with Crippen LogP contribution in [0.3, 0.4) is 0 Å². The van der Waals surface area contributed by atoms with Gasteiger partial charge in [0, 0.05) is 18.6 Å². The van der Waals surface area contributed by atoms with E-state index in [9.17, 15) is 4.79 Å². The molecule has 2 atom stereocenters. The number of nitrogens with zero attached hydrogens (tertiary/aromatic N) is 2. The van der Waals surface area contributed by atoms with Crippen LogP contribution in [0.1, 0.15) is 32.1 Å². The Hall–Kier alpha value is -0.610. The van der Waals surface area contributed by atoms with Crippen molar-refractivity contribution in [2.24, 2.45) is 0 Å². The van der Waals surface area contributed by atoms with Crippen LogP contribution in [-0.4, -0.2) is 61.5 Å². The number of hydrogen-bond donors (Lipinski definition) is 1. The van der Waals surface area contributed by atoms with Crippen LogP contribution in [0.4, 0.5) is 0 Å². The molecule has 0 aliphatic carbocycles. The summed E-state index contributed by atoms with van der Waals surface area (Å²) in [5.74, 6) is 0.299. The highest BCUT2D eigenvalue weighted by Crippen LogP contribution is 2.24. The standard InChI is InChI=1S/C13H25N3O/c1-15(2)10-13(17)16-9-4-3-7-12(16)11-6-5-8-14-11/h11-12,14H,3-10H2,1-2H3. The van der Waals surface area contributed by atoms with E-state index in [2.05, 4.69) is 10.2 Å². The van der Waals surface area contributed by atoms with Crippen molar-refractivity contribution in [1.29, 1.82) is 0 Å². The molecule has 98 valence electrons. The topological polar surface area (TPSA) is 35.6 Å². The van der Waals surface area contributed by atoms with E-state index in [0.29, 0.717) is 24.5 Å². The molecule has 1 N–H and O–H groups in total. The van der Waals surface area contributed by atoms with Crippen molar-refractivity contribution in [2.75, 3.05) is 33.7 Å². The van der Waals surface area contributed by atoms with Crippen molar-refractivity contribution in [1.82, 2.24) is 15.1 Å². The molecule has 4 heteroatoms. The Kier molecular flexibility index (Phi) is 4.40. The zero-order valence-corrected chi connectivity index (χ0v) is 11.1. The Labute approximate surface area is 104 Å². The fourth-order valence-electron chi connectivity index (χ4n) is 3.09. The second-order valence-corrected chi connectivity index (χ2v) is 5.59. The molecule has 0 saturated carbocycles. The van der Waals surface area contributed by atoms with Gasteiger partial charge in [-0.3, -0.25) is 4.79 Å². The van der Waals surface area contributed by atoms with Gasteiger partial charge in [-0.2, -0.15) is 0 Å². The first-order valence-electron chi connectivity index (χ1n) is 6.86. The highest BCUT2D eigenvalue weighted by molar-refractivity contribution is 5.78. The van der Waals surface area contributed by atoms with Gasteiger partial charge < -0.3 is 15.1 Å². The van der Waals surface area contributed by atoms with Crippen molar-refractivity contribution in [2.45, 2.75) is 44.2 Å². The zero-order valence-electron chi connectivity index (χ0n) is 11.1. The van der Waals surface area contributed by atoms with Crippen LogP contribution in [0.25, 0.3) is 0 Å². The fourth-order valence-corrected chi connectivity index (χ4v) is 3.09. The van der Waals surface area contributed by atoms with Crippen LogP contribution in [-0.2, 0) is 4.79 Å². The van der Waals surface area contributed by atoms with Gasteiger partial charge in [0.2, 0.25) is 5.91 Å². The van der Waals surface area contributed by atoms with Crippen LogP contribution < -0.4 is 5.32 Å². The maximum atomic E-state index is 12.2. The molecular weight excluding hydrogens is 214 g/mol. The first-order chi connectivity index (χ1) is 8.18. The second-order valence-electron chi connectivity index (χ2n) is 5.59. The lowest BCUT2D eigenvalue weighted by Gasteiger charge is -2.39. The normalized spacial score (nSPS) is 29.9. The largest absolute Gasteiger partial charge is 0.337 e. The zero-order chi connectivity index (χ0) is 12.3. The van der Waals surface area contributed by atoms with E-state index >= 15 is 0 Å². The fraction of sp³-hybridized carbons (Fsp3) is 0.923. The molecule has 0 spiro atoms. The molecule has 2 rings (SSSR count). The van der Waals surface area contributed by atoms with Gasteiger partial charge in [0.25, 0.3) is 0 Å². The van der Waals surface area contributed by atoms with E-state index in [1.165, 1.54) is 32.1 Å². The van der Waals surface area contributed by atoms with Crippen molar-refractivity contribution in [3.05, 3.63) is 0 Å². The summed E-state index contributed by atoms with van der Waals surface area (Å²) in [6, 6.07) is 0.986. The Bertz CT molecular complexity index is 261. The summed E-state index contributed by atoms with van der Waals surface area (Å²) in [5.41, 5.74) is 0. The molecule has 4 nitrogen and oxygen atoms in total. The van der Waals surface area contributed by atoms with E-state index in [1.54, 1.807) is 0 Å². The second kappa shape index (κ2) is 5.83. The molecule has 0 aromatic heterocycles. The monoisotopic (exact) mass is 239 g/mol. The van der Waals surface area contributed by atoms with Crippen molar-refractivity contribution in [3.8, 4) is 0 Å². The molecule has 17 heavy (non-hydrogen) atoms. The number of likely N-dealkylation sites (N-methyl/N-ethyl adjacent to an activating group) is 1. The predicted octanol–water partition coefficient (Wildman–Crippen LogP) is 0.681. The van der Waals surface area contributed by atoms with Crippen LogP contribution in [0.5, 0.6) is 0 Å². The summed E-state index contributed by atoms with van der Waals surface area (Å²) in [6.07, 6.45) is 6.11. The lowest BCUT2D eigenvalue weighted by molar-refractivity contribution is -0.136. The highest BCUT2D eigenvalue weighted by atomic mass is 16.2. The lowest BCUT2D eigenvalue weighted by atomic mass is 9.94. The Balaban J connectivity index is 1.98. The van der Waals surface area contributed by atoms with E-state index < -0.39 is 0 Å². The third kappa shape index (κ3) is 3.19. The van der Waals surface area contributed by atoms with Gasteiger partial charge in [0.05, 0.1) is 6.54 Å². The first-order valence-corrected chi connectivity index (χ1v) is 6.86. The number of rotatable bonds is 3. The molecule has 2 aliphatic heterocycles. The summed E-state index contributed by atoms with van der Waals surface area (Å²) in [5, 5.41) is 3.56. The van der Waals surface area contributed by atoms with Crippen LogP contribution in [0.15, 0.2) is 0 Å². The molecule has 0 aromatic rings. The Morgan fingerprint density at radius 3 is 2.76 bits per heavy atom. The quantitative estimate of drug-likeness (QED) is 0.787. The smallest absolute Gasteiger partial charge is 0.237 e. The van der Waals surface area contributed by atoms with Gasteiger partial charge in [-0.05, 0) is 52.7 Å². The summed E-state index contributed by atoms with van der Waals surface area (Å²) in [7, 11) is 3.93. The summed E-state index contributed by atoms with van der Waals surface area (Å²) >= 11 is 0. The molecule has 2 saturated heterocycles. The van der Waals surface area contributed by atoms with Crippen molar-refractivity contribution in [3.63, 3.8) is 0 Å². The van der Waals surface area contributed by atoms with E-state index in [1.807, 2.05) is 19.0 Å². The number of piperidine rings is 1. The van der Waals surface area contributed by atoms with Gasteiger partial charge in [-0.1, -0.05) is 0 Å². The number of nitrogens with one attached hydrogen (secondary N) is 1. The van der Waals surface area contributed by atoms with E-state index in [4.69, 9.17) is 0 Å². The molecule has 2 unspecified atom stereocenters. The van der Waals surface area contributed by atoms with Crippen LogP contribution >= 0.6 is 0 Å².